The first-order valence-electron chi connectivity index (χ1n) is 8.44. The predicted octanol–water partition coefficient (Wildman–Crippen LogP) is 3.68. The van der Waals surface area contributed by atoms with Crippen LogP contribution in [0, 0.1) is 10.8 Å². The molecule has 0 rings (SSSR count). The Morgan fingerprint density at radius 1 is 0.840 bits per heavy atom. The van der Waals surface area contributed by atoms with Crippen LogP contribution in [-0.2, 0) is 28.6 Å². The lowest BCUT2D eigenvalue weighted by Crippen LogP contribution is -2.27. The molecule has 146 valence electrons. The lowest BCUT2D eigenvalue weighted by atomic mass is 9.91. The third-order valence-corrected chi connectivity index (χ3v) is 3.96. The first kappa shape index (κ1) is 25.4. The number of ether oxygens (including phenoxy) is 3. The summed E-state index contributed by atoms with van der Waals surface area (Å²) in [6.07, 6.45) is 1.52. The third kappa shape index (κ3) is 10.6. The van der Waals surface area contributed by atoms with E-state index in [1.54, 1.807) is 6.92 Å². The number of rotatable bonds is 8. The first-order chi connectivity index (χ1) is 11.4. The quantitative estimate of drug-likeness (QED) is 0.285. The SMILES string of the molecule is C=C(C)C(=O)OCCOC(=O)C(C)(C)CC.CCC(C)(C)C(=O)OC. The molecule has 0 spiro atoms. The van der Waals surface area contributed by atoms with Gasteiger partial charge in [-0.2, -0.15) is 0 Å². The Morgan fingerprint density at radius 2 is 1.24 bits per heavy atom. The van der Waals surface area contributed by atoms with Crippen LogP contribution in [-0.4, -0.2) is 38.2 Å². The Morgan fingerprint density at radius 3 is 1.56 bits per heavy atom. The zero-order chi connectivity index (χ0) is 20.3. The molecule has 6 nitrogen and oxygen atoms in total. The van der Waals surface area contributed by atoms with E-state index in [0.29, 0.717) is 12.0 Å². The summed E-state index contributed by atoms with van der Waals surface area (Å²) in [5.74, 6) is -0.878. The van der Waals surface area contributed by atoms with Crippen LogP contribution in [0.25, 0.3) is 0 Å². The Labute approximate surface area is 151 Å². The van der Waals surface area contributed by atoms with E-state index in [2.05, 4.69) is 11.3 Å². The minimum atomic E-state index is -0.488. The Balaban J connectivity index is 0. The fourth-order valence-electron chi connectivity index (χ4n) is 1.15. The minimum absolute atomic E-state index is 0.0667. The van der Waals surface area contributed by atoms with Crippen molar-refractivity contribution in [2.24, 2.45) is 10.8 Å². The van der Waals surface area contributed by atoms with Crippen LogP contribution in [0.15, 0.2) is 12.2 Å². The van der Waals surface area contributed by atoms with Crippen molar-refractivity contribution in [1.82, 2.24) is 0 Å². The highest BCUT2D eigenvalue weighted by atomic mass is 16.6. The fraction of sp³-hybridized carbons (Fsp3) is 0.737. The monoisotopic (exact) mass is 358 g/mol. The van der Waals surface area contributed by atoms with Crippen LogP contribution >= 0.6 is 0 Å². The molecule has 0 aliphatic heterocycles. The molecule has 0 aromatic carbocycles. The van der Waals surface area contributed by atoms with E-state index >= 15 is 0 Å². The van der Waals surface area contributed by atoms with Gasteiger partial charge in [0, 0.05) is 5.57 Å². The zero-order valence-corrected chi connectivity index (χ0v) is 17.0. The molecule has 6 heteroatoms. The molecule has 0 saturated heterocycles. The summed E-state index contributed by atoms with van der Waals surface area (Å²) >= 11 is 0. The topological polar surface area (TPSA) is 78.9 Å². The molecule has 25 heavy (non-hydrogen) atoms. The summed E-state index contributed by atoms with van der Waals surface area (Å²) in [7, 11) is 1.42. The number of esters is 3. The number of carbonyl (C=O) groups excluding carboxylic acids is 3. The van der Waals surface area contributed by atoms with Crippen molar-refractivity contribution in [3.05, 3.63) is 12.2 Å². The van der Waals surface area contributed by atoms with Crippen LogP contribution in [0.4, 0.5) is 0 Å². The van der Waals surface area contributed by atoms with Crippen LogP contribution in [0.5, 0.6) is 0 Å². The van der Waals surface area contributed by atoms with Gasteiger partial charge in [-0.15, -0.1) is 0 Å². The first-order valence-corrected chi connectivity index (χ1v) is 8.44. The van der Waals surface area contributed by atoms with E-state index in [0.717, 1.165) is 6.42 Å². The van der Waals surface area contributed by atoms with Crippen molar-refractivity contribution in [3.8, 4) is 0 Å². The second kappa shape index (κ2) is 11.7. The van der Waals surface area contributed by atoms with Crippen molar-refractivity contribution in [2.45, 2.75) is 61.3 Å². The summed E-state index contributed by atoms with van der Waals surface area (Å²) in [6.45, 7) is 16.4. The maximum absolute atomic E-state index is 11.5. The second-order valence-corrected chi connectivity index (χ2v) is 7.02. The maximum atomic E-state index is 11.5. The van der Waals surface area contributed by atoms with Crippen LogP contribution in [0.2, 0.25) is 0 Å². The van der Waals surface area contributed by atoms with Crippen molar-refractivity contribution < 1.29 is 28.6 Å². The molecule has 0 aliphatic carbocycles. The summed E-state index contributed by atoms with van der Waals surface area (Å²) < 4.78 is 14.3. The lowest BCUT2D eigenvalue weighted by Gasteiger charge is -2.20. The lowest BCUT2D eigenvalue weighted by molar-refractivity contribution is -0.158. The van der Waals surface area contributed by atoms with E-state index in [4.69, 9.17) is 9.47 Å². The van der Waals surface area contributed by atoms with E-state index in [1.165, 1.54) is 7.11 Å². The molecule has 0 aromatic rings. The van der Waals surface area contributed by atoms with Gasteiger partial charge in [-0.05, 0) is 47.5 Å². The molecular weight excluding hydrogens is 324 g/mol. The van der Waals surface area contributed by atoms with Gasteiger partial charge in [-0.3, -0.25) is 9.59 Å². The van der Waals surface area contributed by atoms with Crippen LogP contribution < -0.4 is 0 Å². The molecular formula is C19H34O6. The van der Waals surface area contributed by atoms with Gasteiger partial charge in [-0.25, -0.2) is 4.79 Å². The molecule has 0 bridgehead atoms. The van der Waals surface area contributed by atoms with Gasteiger partial charge in [0.1, 0.15) is 13.2 Å². The Hall–Kier alpha value is -1.85. The molecule has 0 atom stereocenters. The predicted molar refractivity (Wildman–Crippen MR) is 96.9 cm³/mol. The van der Waals surface area contributed by atoms with Gasteiger partial charge < -0.3 is 14.2 Å². The average Bonchev–Trinajstić information content (AvgIpc) is 2.57. The normalized spacial score (nSPS) is 10.9. The Kier molecular flexibility index (Phi) is 11.8. The highest BCUT2D eigenvalue weighted by Crippen LogP contribution is 2.21. The molecule has 0 aromatic heterocycles. The molecule has 0 fully saturated rings. The largest absolute Gasteiger partial charge is 0.469 e. The van der Waals surface area contributed by atoms with Gasteiger partial charge in [-0.1, -0.05) is 20.4 Å². The summed E-state index contributed by atoms with van der Waals surface area (Å²) in [6, 6.07) is 0. The van der Waals surface area contributed by atoms with E-state index in [1.807, 2.05) is 41.5 Å². The molecule has 0 amide bonds. The van der Waals surface area contributed by atoms with Crippen LogP contribution in [0.1, 0.15) is 61.3 Å². The summed E-state index contributed by atoms with van der Waals surface area (Å²) in [5, 5.41) is 0. The molecule has 0 heterocycles. The fourth-order valence-corrected chi connectivity index (χ4v) is 1.15. The highest BCUT2D eigenvalue weighted by Gasteiger charge is 2.27. The van der Waals surface area contributed by atoms with Crippen molar-refractivity contribution in [3.63, 3.8) is 0 Å². The van der Waals surface area contributed by atoms with E-state index < -0.39 is 11.4 Å². The smallest absolute Gasteiger partial charge is 0.333 e. The van der Waals surface area contributed by atoms with Gasteiger partial charge in [0.2, 0.25) is 0 Å². The number of hydrogen-bond acceptors (Lipinski definition) is 6. The molecule has 0 unspecified atom stereocenters. The van der Waals surface area contributed by atoms with Gasteiger partial charge >= 0.3 is 17.9 Å². The third-order valence-electron chi connectivity index (χ3n) is 3.96. The highest BCUT2D eigenvalue weighted by molar-refractivity contribution is 5.86. The Bertz CT molecular complexity index is 463. The summed E-state index contributed by atoms with van der Waals surface area (Å²) in [5.41, 5.74) is -0.465. The number of hydrogen-bond donors (Lipinski definition) is 0. The molecule has 0 aliphatic rings. The van der Waals surface area contributed by atoms with Crippen molar-refractivity contribution in [1.29, 1.82) is 0 Å². The van der Waals surface area contributed by atoms with E-state index in [-0.39, 0.29) is 30.6 Å². The minimum Gasteiger partial charge on any atom is -0.469 e. The molecule has 0 saturated carbocycles. The van der Waals surface area contributed by atoms with Crippen molar-refractivity contribution in [2.75, 3.05) is 20.3 Å². The van der Waals surface area contributed by atoms with Gasteiger partial charge in [0.15, 0.2) is 0 Å². The zero-order valence-electron chi connectivity index (χ0n) is 17.0. The number of methoxy groups -OCH3 is 1. The number of carbonyl (C=O) groups is 3. The second-order valence-electron chi connectivity index (χ2n) is 7.02. The average molecular weight is 358 g/mol. The van der Waals surface area contributed by atoms with Crippen LogP contribution in [0.3, 0.4) is 0 Å². The molecule has 0 radical (unpaired) electrons. The standard InChI is InChI=1S/C12H20O4.C7H14O2/c1-6-12(4,5)11(14)16-8-7-15-10(13)9(2)3;1-5-7(2,3)6(8)9-4/h2,6-8H2,1,3-5H3;5H2,1-4H3. The van der Waals surface area contributed by atoms with Gasteiger partial charge in [0.05, 0.1) is 17.9 Å². The summed E-state index contributed by atoms with van der Waals surface area (Å²) in [4.78, 5) is 33.3. The molecule has 0 N–H and O–H groups in total. The van der Waals surface area contributed by atoms with Crippen molar-refractivity contribution >= 4 is 17.9 Å². The van der Waals surface area contributed by atoms with Gasteiger partial charge in [0.25, 0.3) is 0 Å². The maximum Gasteiger partial charge on any atom is 0.333 e. The van der Waals surface area contributed by atoms with E-state index in [9.17, 15) is 14.4 Å².